The lowest BCUT2D eigenvalue weighted by Crippen LogP contribution is -2.43. The number of nitrogens with zero attached hydrogens (tertiary/aromatic N) is 3. The van der Waals surface area contributed by atoms with Gasteiger partial charge in [-0.05, 0) is 57.2 Å². The molecule has 10 heteroatoms. The Balaban J connectivity index is 1.34. The molecule has 3 amide bonds. The monoisotopic (exact) mass is 544 g/mol. The first-order valence-electron chi connectivity index (χ1n) is 13.4. The van der Waals surface area contributed by atoms with Gasteiger partial charge in [-0.25, -0.2) is 14.8 Å². The predicted molar refractivity (Wildman–Crippen MR) is 152 cm³/mol. The first-order chi connectivity index (χ1) is 19.1. The molecule has 0 atom stereocenters. The molecule has 1 aliphatic heterocycles. The third kappa shape index (κ3) is 7.78. The summed E-state index contributed by atoms with van der Waals surface area (Å²) in [7, 11) is 0. The quantitative estimate of drug-likeness (QED) is 0.408. The van der Waals surface area contributed by atoms with Crippen LogP contribution in [-0.4, -0.2) is 58.0 Å². The second-order valence-corrected chi connectivity index (χ2v) is 10.9. The van der Waals surface area contributed by atoms with Crippen molar-refractivity contribution in [2.75, 3.05) is 25.4 Å². The molecule has 2 aromatic carbocycles. The van der Waals surface area contributed by atoms with Crippen molar-refractivity contribution in [1.82, 2.24) is 25.5 Å². The fraction of sp³-hybridized carbons (Fsp3) is 0.367. The number of hydrogen-bond acceptors (Lipinski definition) is 7. The van der Waals surface area contributed by atoms with Crippen LogP contribution >= 0.6 is 0 Å². The van der Waals surface area contributed by atoms with Crippen LogP contribution in [0.4, 0.5) is 10.6 Å². The van der Waals surface area contributed by atoms with E-state index < -0.39 is 11.5 Å². The van der Waals surface area contributed by atoms with Gasteiger partial charge < -0.3 is 26.0 Å². The minimum Gasteiger partial charge on any atom is -0.444 e. The minimum absolute atomic E-state index is 0.0257. The summed E-state index contributed by atoms with van der Waals surface area (Å²) in [4.78, 5) is 48.3. The summed E-state index contributed by atoms with van der Waals surface area (Å²) >= 11 is 0. The summed E-state index contributed by atoms with van der Waals surface area (Å²) in [6, 6.07) is 16.6. The Labute approximate surface area is 234 Å². The van der Waals surface area contributed by atoms with Gasteiger partial charge in [0.25, 0.3) is 11.8 Å². The average Bonchev–Trinajstić information content (AvgIpc) is 2.95. The van der Waals surface area contributed by atoms with Crippen molar-refractivity contribution in [1.29, 1.82) is 0 Å². The molecule has 1 aliphatic rings. The Morgan fingerprint density at radius 2 is 1.73 bits per heavy atom. The predicted octanol–water partition coefficient (Wildman–Crippen LogP) is 4.03. The van der Waals surface area contributed by atoms with E-state index in [-0.39, 0.29) is 29.4 Å². The number of nitrogen functional groups attached to an aromatic ring is 1. The maximum absolute atomic E-state index is 13.0. The van der Waals surface area contributed by atoms with Gasteiger partial charge in [-0.2, -0.15) is 0 Å². The van der Waals surface area contributed by atoms with Gasteiger partial charge in [0, 0.05) is 37.3 Å². The molecule has 1 fully saturated rings. The number of nitrogens with two attached hydrogens (primary N) is 1. The van der Waals surface area contributed by atoms with Crippen LogP contribution in [0.15, 0.2) is 60.8 Å². The highest BCUT2D eigenvalue weighted by molar-refractivity contribution is 5.97. The number of likely N-dealkylation sites (tertiary alicyclic amines) is 1. The van der Waals surface area contributed by atoms with E-state index in [0.29, 0.717) is 43.0 Å². The summed E-state index contributed by atoms with van der Waals surface area (Å²) in [5, 5.41) is 5.82. The zero-order chi connectivity index (χ0) is 28.7. The Bertz CT molecular complexity index is 1350. The number of piperidine rings is 1. The molecule has 40 heavy (non-hydrogen) atoms. The Kier molecular flexibility index (Phi) is 8.98. The summed E-state index contributed by atoms with van der Waals surface area (Å²) in [5.41, 5.74) is 8.04. The molecule has 4 N–H and O–H groups in total. The Hall–Kier alpha value is -4.47. The normalized spacial score (nSPS) is 13.9. The van der Waals surface area contributed by atoms with Crippen molar-refractivity contribution >= 4 is 23.7 Å². The standard InChI is InChI=1S/C30H36N6O4/c1-30(2,3)40-29(39)36-14-12-21(13-15-36)18-34-28(38)25-26(31)32-19-24(35-25)22-10-7-11-23(16-22)27(37)33-17-20-8-5-4-6-9-20/h4-11,16,19,21H,12-15,17-18H2,1-3H3,(H2,31,32)(H,33,37)(H,34,38). The summed E-state index contributed by atoms with van der Waals surface area (Å²) in [6.07, 6.45) is 2.67. The van der Waals surface area contributed by atoms with Crippen LogP contribution < -0.4 is 16.4 Å². The maximum Gasteiger partial charge on any atom is 0.410 e. The smallest absolute Gasteiger partial charge is 0.410 e. The number of hydrogen-bond donors (Lipinski definition) is 3. The van der Waals surface area contributed by atoms with E-state index in [1.54, 1.807) is 29.2 Å². The van der Waals surface area contributed by atoms with Crippen molar-refractivity contribution in [2.24, 2.45) is 5.92 Å². The summed E-state index contributed by atoms with van der Waals surface area (Å²) in [5.74, 6) is -0.396. The number of aromatic nitrogens is 2. The van der Waals surface area contributed by atoms with Gasteiger partial charge in [0.15, 0.2) is 11.5 Å². The zero-order valence-corrected chi connectivity index (χ0v) is 23.1. The Morgan fingerprint density at radius 3 is 2.42 bits per heavy atom. The van der Waals surface area contributed by atoms with Crippen LogP contribution in [-0.2, 0) is 11.3 Å². The molecule has 2 heterocycles. The third-order valence-electron chi connectivity index (χ3n) is 6.55. The van der Waals surface area contributed by atoms with Gasteiger partial charge in [-0.15, -0.1) is 0 Å². The molecule has 0 unspecified atom stereocenters. The lowest BCUT2D eigenvalue weighted by Gasteiger charge is -2.33. The average molecular weight is 545 g/mol. The van der Waals surface area contributed by atoms with Crippen molar-refractivity contribution < 1.29 is 19.1 Å². The summed E-state index contributed by atoms with van der Waals surface area (Å²) < 4.78 is 5.45. The van der Waals surface area contributed by atoms with Crippen molar-refractivity contribution in [2.45, 2.75) is 45.8 Å². The van der Waals surface area contributed by atoms with Crippen LogP contribution in [0.3, 0.4) is 0 Å². The second-order valence-electron chi connectivity index (χ2n) is 10.9. The minimum atomic E-state index is -0.534. The molecule has 1 aromatic heterocycles. The lowest BCUT2D eigenvalue weighted by molar-refractivity contribution is 0.0183. The van der Waals surface area contributed by atoms with E-state index in [1.165, 1.54) is 6.20 Å². The van der Waals surface area contributed by atoms with E-state index in [2.05, 4.69) is 20.6 Å². The van der Waals surface area contributed by atoms with Gasteiger partial charge >= 0.3 is 6.09 Å². The maximum atomic E-state index is 13.0. The van der Waals surface area contributed by atoms with E-state index in [1.807, 2.05) is 51.1 Å². The molecular weight excluding hydrogens is 508 g/mol. The van der Waals surface area contributed by atoms with Crippen molar-refractivity contribution in [3.05, 3.63) is 77.6 Å². The molecule has 1 saturated heterocycles. The van der Waals surface area contributed by atoms with Gasteiger partial charge in [-0.3, -0.25) is 9.59 Å². The summed E-state index contributed by atoms with van der Waals surface area (Å²) in [6.45, 7) is 7.52. The molecular formula is C30H36N6O4. The van der Waals surface area contributed by atoms with E-state index in [0.717, 1.165) is 18.4 Å². The van der Waals surface area contributed by atoms with Gasteiger partial charge in [0.05, 0.1) is 11.9 Å². The van der Waals surface area contributed by atoms with Crippen LogP contribution in [0.2, 0.25) is 0 Å². The number of nitrogens with one attached hydrogen (secondary N) is 2. The SMILES string of the molecule is CC(C)(C)OC(=O)N1CCC(CNC(=O)c2nc(-c3cccc(C(=O)NCc4ccccc4)c3)cnc2N)CC1. The van der Waals surface area contributed by atoms with Crippen LogP contribution in [0.25, 0.3) is 11.3 Å². The topological polar surface area (TPSA) is 140 Å². The molecule has 210 valence electrons. The molecule has 0 radical (unpaired) electrons. The molecule has 0 bridgehead atoms. The number of ether oxygens (including phenoxy) is 1. The molecule has 0 spiro atoms. The van der Waals surface area contributed by atoms with Gasteiger partial charge in [-0.1, -0.05) is 42.5 Å². The molecule has 4 rings (SSSR count). The fourth-order valence-corrected chi connectivity index (χ4v) is 4.37. The van der Waals surface area contributed by atoms with E-state index >= 15 is 0 Å². The first kappa shape index (κ1) is 28.5. The number of carbonyl (C=O) groups is 3. The van der Waals surface area contributed by atoms with Crippen LogP contribution in [0, 0.1) is 5.92 Å². The Morgan fingerprint density at radius 1 is 1.00 bits per heavy atom. The second kappa shape index (κ2) is 12.6. The van der Waals surface area contributed by atoms with Crippen molar-refractivity contribution in [3.8, 4) is 11.3 Å². The highest BCUT2D eigenvalue weighted by Crippen LogP contribution is 2.22. The molecule has 10 nitrogen and oxygen atoms in total. The van der Waals surface area contributed by atoms with Gasteiger partial charge in [0.2, 0.25) is 0 Å². The highest BCUT2D eigenvalue weighted by atomic mass is 16.6. The third-order valence-corrected chi connectivity index (χ3v) is 6.55. The molecule has 0 saturated carbocycles. The molecule has 3 aromatic rings. The largest absolute Gasteiger partial charge is 0.444 e. The number of benzene rings is 2. The fourth-order valence-electron chi connectivity index (χ4n) is 4.37. The van der Waals surface area contributed by atoms with Crippen molar-refractivity contribution in [3.63, 3.8) is 0 Å². The number of carbonyl (C=O) groups excluding carboxylic acids is 3. The van der Waals surface area contributed by atoms with Crippen LogP contribution in [0.5, 0.6) is 0 Å². The lowest BCUT2D eigenvalue weighted by atomic mass is 9.97. The molecule has 0 aliphatic carbocycles. The number of rotatable bonds is 7. The zero-order valence-electron chi connectivity index (χ0n) is 23.1. The van der Waals surface area contributed by atoms with E-state index in [4.69, 9.17) is 10.5 Å². The highest BCUT2D eigenvalue weighted by Gasteiger charge is 2.27. The number of amides is 3. The number of anilines is 1. The van der Waals surface area contributed by atoms with E-state index in [9.17, 15) is 14.4 Å². The first-order valence-corrected chi connectivity index (χ1v) is 13.4. The van der Waals surface area contributed by atoms with Gasteiger partial charge in [0.1, 0.15) is 5.60 Å². The van der Waals surface area contributed by atoms with Crippen LogP contribution in [0.1, 0.15) is 60.0 Å².